The van der Waals surface area contributed by atoms with Crippen molar-refractivity contribution in [3.63, 3.8) is 0 Å². The van der Waals surface area contributed by atoms with E-state index in [2.05, 4.69) is 25.2 Å². The molecule has 0 saturated heterocycles. The van der Waals surface area contributed by atoms with E-state index in [0.717, 1.165) is 6.42 Å². The van der Waals surface area contributed by atoms with Gasteiger partial charge in [0.2, 0.25) is 0 Å². The van der Waals surface area contributed by atoms with Gasteiger partial charge in [0.05, 0.1) is 6.10 Å². The second-order valence-corrected chi connectivity index (χ2v) is 3.25. The normalized spacial score (nSPS) is 22.5. The highest BCUT2D eigenvalue weighted by atomic mass is 16.5. The summed E-state index contributed by atoms with van der Waals surface area (Å²) >= 11 is 0. The molecule has 0 fully saturated rings. The number of methoxy groups -OCH3 is 1. The van der Waals surface area contributed by atoms with Crippen molar-refractivity contribution in [3.8, 4) is 0 Å². The summed E-state index contributed by atoms with van der Waals surface area (Å²) in [6.45, 7) is 2.23. The molecule has 1 unspecified atom stereocenters. The van der Waals surface area contributed by atoms with Crippen molar-refractivity contribution in [2.24, 2.45) is 0 Å². The average molecular weight is 166 g/mol. The Morgan fingerprint density at radius 1 is 1.58 bits per heavy atom. The monoisotopic (exact) mass is 166 g/mol. The first-order valence-corrected chi connectivity index (χ1v) is 4.77. The summed E-state index contributed by atoms with van der Waals surface area (Å²) in [5.41, 5.74) is 1.48. The predicted molar refractivity (Wildman–Crippen MR) is 52.2 cm³/mol. The van der Waals surface area contributed by atoms with Crippen LogP contribution in [0.5, 0.6) is 0 Å². The van der Waals surface area contributed by atoms with Gasteiger partial charge < -0.3 is 4.74 Å². The van der Waals surface area contributed by atoms with E-state index in [1.807, 2.05) is 0 Å². The van der Waals surface area contributed by atoms with Gasteiger partial charge in [-0.25, -0.2) is 0 Å². The first-order valence-electron chi connectivity index (χ1n) is 4.77. The van der Waals surface area contributed by atoms with Crippen LogP contribution in [0.2, 0.25) is 0 Å². The molecule has 0 radical (unpaired) electrons. The van der Waals surface area contributed by atoms with Crippen molar-refractivity contribution in [2.45, 2.75) is 38.7 Å². The average Bonchev–Trinajstić information content (AvgIpc) is 2.15. The summed E-state index contributed by atoms with van der Waals surface area (Å²) in [7, 11) is 1.76. The Labute approximate surface area is 75.1 Å². The number of hydrogen-bond acceptors (Lipinski definition) is 1. The molecule has 0 bridgehead atoms. The van der Waals surface area contributed by atoms with Gasteiger partial charge in [-0.15, -0.1) is 0 Å². The molecular weight excluding hydrogens is 148 g/mol. The highest BCUT2D eigenvalue weighted by Crippen LogP contribution is 2.17. The van der Waals surface area contributed by atoms with Crippen LogP contribution in [-0.4, -0.2) is 13.2 Å². The van der Waals surface area contributed by atoms with Crippen LogP contribution < -0.4 is 0 Å². The standard InChI is InChI=1S/C11H18O/c1-3-4-5-10-6-8-11(12-2)9-7-10/h6-8,11H,3-5,9H2,1-2H3. The minimum absolute atomic E-state index is 0.315. The maximum Gasteiger partial charge on any atom is 0.0789 e. The first kappa shape index (κ1) is 9.53. The highest BCUT2D eigenvalue weighted by molar-refractivity contribution is 5.24. The van der Waals surface area contributed by atoms with Gasteiger partial charge in [0.1, 0.15) is 0 Å². The minimum Gasteiger partial charge on any atom is -0.377 e. The van der Waals surface area contributed by atoms with Crippen molar-refractivity contribution in [2.75, 3.05) is 7.11 Å². The molecule has 0 N–H and O–H groups in total. The third kappa shape index (κ3) is 2.82. The van der Waals surface area contributed by atoms with Crippen LogP contribution in [0.4, 0.5) is 0 Å². The smallest absolute Gasteiger partial charge is 0.0789 e. The molecule has 1 aliphatic rings. The summed E-state index contributed by atoms with van der Waals surface area (Å²) in [6.07, 6.45) is 11.8. The Morgan fingerprint density at radius 3 is 2.92 bits per heavy atom. The van der Waals surface area contributed by atoms with Gasteiger partial charge >= 0.3 is 0 Å². The molecule has 0 aliphatic heterocycles. The van der Waals surface area contributed by atoms with Gasteiger partial charge in [0.25, 0.3) is 0 Å². The van der Waals surface area contributed by atoms with Crippen LogP contribution in [0.1, 0.15) is 32.6 Å². The summed E-state index contributed by atoms with van der Waals surface area (Å²) in [4.78, 5) is 0. The van der Waals surface area contributed by atoms with E-state index in [9.17, 15) is 0 Å². The zero-order valence-electron chi connectivity index (χ0n) is 8.05. The zero-order chi connectivity index (χ0) is 8.81. The molecule has 0 saturated carbocycles. The molecule has 0 aromatic heterocycles. The van der Waals surface area contributed by atoms with E-state index >= 15 is 0 Å². The first-order chi connectivity index (χ1) is 5.86. The Bertz CT molecular complexity index is 179. The van der Waals surface area contributed by atoms with Gasteiger partial charge in [-0.05, 0) is 19.3 Å². The molecule has 1 heteroatoms. The van der Waals surface area contributed by atoms with E-state index in [-0.39, 0.29) is 0 Å². The van der Waals surface area contributed by atoms with Gasteiger partial charge in [-0.3, -0.25) is 0 Å². The lowest BCUT2D eigenvalue weighted by atomic mass is 10.0. The van der Waals surface area contributed by atoms with Crippen LogP contribution in [-0.2, 0) is 4.74 Å². The molecule has 0 aromatic carbocycles. The number of unbranched alkanes of at least 4 members (excludes halogenated alkanes) is 1. The quantitative estimate of drug-likeness (QED) is 0.623. The zero-order valence-corrected chi connectivity index (χ0v) is 8.05. The third-order valence-corrected chi connectivity index (χ3v) is 2.26. The van der Waals surface area contributed by atoms with E-state index < -0.39 is 0 Å². The Balaban J connectivity index is 2.31. The molecule has 0 amide bonds. The molecule has 1 atom stereocenters. The van der Waals surface area contributed by atoms with E-state index in [0.29, 0.717) is 6.10 Å². The molecule has 1 aliphatic carbocycles. The topological polar surface area (TPSA) is 9.23 Å². The Morgan fingerprint density at radius 2 is 2.42 bits per heavy atom. The SMILES string of the molecule is CCCCC1=CCC(OC)C=C1. The molecular formula is C11H18O. The number of ether oxygens (including phenoxy) is 1. The minimum atomic E-state index is 0.315. The lowest BCUT2D eigenvalue weighted by molar-refractivity contribution is 0.142. The summed E-state index contributed by atoms with van der Waals surface area (Å²) in [6, 6.07) is 0. The van der Waals surface area contributed by atoms with Crippen LogP contribution in [0.3, 0.4) is 0 Å². The Hall–Kier alpha value is -0.560. The summed E-state index contributed by atoms with van der Waals surface area (Å²) < 4.78 is 5.21. The van der Waals surface area contributed by atoms with Crippen LogP contribution in [0.15, 0.2) is 23.8 Å². The van der Waals surface area contributed by atoms with Crippen LogP contribution in [0, 0.1) is 0 Å². The number of allylic oxidation sites excluding steroid dienone is 2. The fourth-order valence-corrected chi connectivity index (χ4v) is 1.39. The van der Waals surface area contributed by atoms with Crippen LogP contribution in [0.25, 0.3) is 0 Å². The third-order valence-electron chi connectivity index (χ3n) is 2.26. The molecule has 0 spiro atoms. The van der Waals surface area contributed by atoms with Gasteiger partial charge in [-0.2, -0.15) is 0 Å². The largest absolute Gasteiger partial charge is 0.377 e. The molecule has 1 rings (SSSR count). The van der Waals surface area contributed by atoms with Crippen molar-refractivity contribution < 1.29 is 4.74 Å². The summed E-state index contributed by atoms with van der Waals surface area (Å²) in [5, 5.41) is 0. The lowest BCUT2D eigenvalue weighted by Crippen LogP contribution is -2.08. The molecule has 0 aromatic rings. The molecule has 68 valence electrons. The fourth-order valence-electron chi connectivity index (χ4n) is 1.39. The van der Waals surface area contributed by atoms with Gasteiger partial charge in [-0.1, -0.05) is 37.1 Å². The van der Waals surface area contributed by atoms with E-state index in [1.165, 1.54) is 24.8 Å². The van der Waals surface area contributed by atoms with E-state index in [4.69, 9.17) is 4.74 Å². The molecule has 1 nitrogen and oxygen atoms in total. The maximum absolute atomic E-state index is 5.21. The number of hydrogen-bond donors (Lipinski definition) is 0. The highest BCUT2D eigenvalue weighted by Gasteiger charge is 2.05. The molecule has 0 heterocycles. The second kappa shape index (κ2) is 5.15. The van der Waals surface area contributed by atoms with Crippen molar-refractivity contribution in [1.29, 1.82) is 0 Å². The molecule has 12 heavy (non-hydrogen) atoms. The van der Waals surface area contributed by atoms with E-state index in [1.54, 1.807) is 7.11 Å². The second-order valence-electron chi connectivity index (χ2n) is 3.25. The van der Waals surface area contributed by atoms with Gasteiger partial charge in [0, 0.05) is 7.11 Å². The maximum atomic E-state index is 5.21. The lowest BCUT2D eigenvalue weighted by Gasteiger charge is -2.14. The van der Waals surface area contributed by atoms with Crippen molar-refractivity contribution in [1.82, 2.24) is 0 Å². The summed E-state index contributed by atoms with van der Waals surface area (Å²) in [5.74, 6) is 0. The Kier molecular flexibility index (Phi) is 4.09. The van der Waals surface area contributed by atoms with Crippen molar-refractivity contribution >= 4 is 0 Å². The predicted octanol–water partition coefficient (Wildman–Crippen LogP) is 3.08. The van der Waals surface area contributed by atoms with Crippen LogP contribution >= 0.6 is 0 Å². The van der Waals surface area contributed by atoms with Gasteiger partial charge in [0.15, 0.2) is 0 Å². The van der Waals surface area contributed by atoms with Crippen molar-refractivity contribution in [3.05, 3.63) is 23.8 Å². The fraction of sp³-hybridized carbons (Fsp3) is 0.636. The number of rotatable bonds is 4.